The van der Waals surface area contributed by atoms with Gasteiger partial charge in [-0.25, -0.2) is 0 Å². The number of aryl methyl sites for hydroxylation is 1. The lowest BCUT2D eigenvalue weighted by Gasteiger charge is -2.45. The molecule has 3 fully saturated rings. The summed E-state index contributed by atoms with van der Waals surface area (Å²) in [6.45, 7) is 5.87. The van der Waals surface area contributed by atoms with Crippen molar-refractivity contribution >= 4 is 0 Å². The highest BCUT2D eigenvalue weighted by atomic mass is 16.5. The van der Waals surface area contributed by atoms with Gasteiger partial charge in [0.05, 0.1) is 38.5 Å². The van der Waals surface area contributed by atoms with Gasteiger partial charge in [-0.05, 0) is 87.2 Å². The average molecular weight is 376 g/mol. The third-order valence-corrected chi connectivity index (χ3v) is 7.45. The van der Waals surface area contributed by atoms with E-state index in [0.29, 0.717) is 11.5 Å². The standard InChI is InChI=1S/C23H37NO3/c1(2-21-7-15-26-19-21)20-3-8-23(9-4-20)10-5-22(6-11-23)27-18-14-24-12-16-25-17-13-24/h7,15,19-20,22H,1-6,8-14,16-18H2. The minimum atomic E-state index is 0.510. The summed E-state index contributed by atoms with van der Waals surface area (Å²) >= 11 is 0. The van der Waals surface area contributed by atoms with E-state index < -0.39 is 0 Å². The lowest BCUT2D eigenvalue weighted by Crippen LogP contribution is -2.39. The Morgan fingerprint density at radius 1 is 1.04 bits per heavy atom. The van der Waals surface area contributed by atoms with E-state index in [4.69, 9.17) is 13.9 Å². The van der Waals surface area contributed by atoms with E-state index >= 15 is 0 Å². The number of hydrogen-bond donors (Lipinski definition) is 0. The first-order valence-electron chi connectivity index (χ1n) is 11.2. The van der Waals surface area contributed by atoms with Gasteiger partial charge in [0.2, 0.25) is 0 Å². The molecule has 0 N–H and O–H groups in total. The molecule has 3 aliphatic rings. The first-order valence-corrected chi connectivity index (χ1v) is 11.2. The zero-order chi connectivity index (χ0) is 18.4. The van der Waals surface area contributed by atoms with Crippen molar-refractivity contribution in [3.63, 3.8) is 0 Å². The molecule has 4 heteroatoms. The van der Waals surface area contributed by atoms with E-state index in [1.807, 2.05) is 6.26 Å². The van der Waals surface area contributed by atoms with Crippen LogP contribution >= 0.6 is 0 Å². The minimum absolute atomic E-state index is 0.510. The molecule has 0 atom stereocenters. The van der Waals surface area contributed by atoms with Crippen molar-refractivity contribution in [3.05, 3.63) is 24.2 Å². The molecule has 0 aromatic carbocycles. The maximum Gasteiger partial charge on any atom is 0.0934 e. The van der Waals surface area contributed by atoms with Crippen LogP contribution in [0.1, 0.15) is 63.4 Å². The van der Waals surface area contributed by atoms with E-state index in [2.05, 4.69) is 11.0 Å². The third kappa shape index (κ3) is 5.58. The van der Waals surface area contributed by atoms with Gasteiger partial charge in [0.15, 0.2) is 0 Å². The molecular formula is C23H37NO3. The van der Waals surface area contributed by atoms with E-state index in [0.717, 1.165) is 45.4 Å². The number of hydrogen-bond acceptors (Lipinski definition) is 4. The fraction of sp³-hybridized carbons (Fsp3) is 0.826. The van der Waals surface area contributed by atoms with Gasteiger partial charge in [0.25, 0.3) is 0 Å². The van der Waals surface area contributed by atoms with Crippen LogP contribution < -0.4 is 0 Å². The Balaban J connectivity index is 1.11. The molecule has 1 aromatic heterocycles. The predicted molar refractivity (Wildman–Crippen MR) is 107 cm³/mol. The fourth-order valence-corrected chi connectivity index (χ4v) is 5.43. The summed E-state index contributed by atoms with van der Waals surface area (Å²) in [5.41, 5.74) is 2.01. The molecule has 1 aliphatic heterocycles. The first-order chi connectivity index (χ1) is 13.3. The summed E-state index contributed by atoms with van der Waals surface area (Å²) in [5, 5.41) is 0. The zero-order valence-corrected chi connectivity index (χ0v) is 16.9. The first kappa shape index (κ1) is 19.5. The highest BCUT2D eigenvalue weighted by molar-refractivity contribution is 5.05. The highest BCUT2D eigenvalue weighted by Gasteiger charge is 2.38. The van der Waals surface area contributed by atoms with Crippen LogP contribution in [-0.4, -0.2) is 50.5 Å². The summed E-state index contributed by atoms with van der Waals surface area (Å²) < 4.78 is 16.8. The molecule has 1 saturated heterocycles. The summed E-state index contributed by atoms with van der Waals surface area (Å²) in [7, 11) is 0. The summed E-state index contributed by atoms with van der Waals surface area (Å²) in [4.78, 5) is 2.47. The van der Waals surface area contributed by atoms with Crippen LogP contribution in [0.25, 0.3) is 0 Å². The van der Waals surface area contributed by atoms with Crippen molar-refractivity contribution in [1.29, 1.82) is 0 Å². The number of furan rings is 1. The van der Waals surface area contributed by atoms with Crippen LogP contribution in [0, 0.1) is 11.3 Å². The van der Waals surface area contributed by atoms with Crippen molar-refractivity contribution in [2.75, 3.05) is 39.5 Å². The molecule has 0 radical (unpaired) electrons. The Bertz CT molecular complexity index is 520. The number of rotatable bonds is 7. The van der Waals surface area contributed by atoms with E-state index in [-0.39, 0.29) is 0 Å². The molecule has 27 heavy (non-hydrogen) atoms. The number of morpholine rings is 1. The molecule has 4 rings (SSSR count). The van der Waals surface area contributed by atoms with Gasteiger partial charge >= 0.3 is 0 Å². The molecule has 2 saturated carbocycles. The van der Waals surface area contributed by atoms with E-state index in [9.17, 15) is 0 Å². The monoisotopic (exact) mass is 375 g/mol. The average Bonchev–Trinajstić information content (AvgIpc) is 3.24. The normalized spacial score (nSPS) is 32.7. The van der Waals surface area contributed by atoms with Gasteiger partial charge in [-0.3, -0.25) is 4.90 Å². The van der Waals surface area contributed by atoms with Crippen LogP contribution in [0.5, 0.6) is 0 Å². The van der Waals surface area contributed by atoms with E-state index in [1.54, 1.807) is 6.26 Å². The molecule has 1 aromatic rings. The highest BCUT2D eigenvalue weighted by Crippen LogP contribution is 2.49. The number of ether oxygens (including phenoxy) is 2. The Hall–Kier alpha value is -0.840. The summed E-state index contributed by atoms with van der Waals surface area (Å²) in [6, 6.07) is 2.12. The minimum Gasteiger partial charge on any atom is -0.472 e. The van der Waals surface area contributed by atoms with Gasteiger partial charge < -0.3 is 13.9 Å². The lowest BCUT2D eigenvalue weighted by molar-refractivity contribution is -0.0341. The fourth-order valence-electron chi connectivity index (χ4n) is 5.43. The second kappa shape index (κ2) is 9.58. The van der Waals surface area contributed by atoms with Crippen molar-refractivity contribution in [2.24, 2.45) is 11.3 Å². The summed E-state index contributed by atoms with van der Waals surface area (Å²) in [6.07, 6.45) is 17.8. The topological polar surface area (TPSA) is 34.8 Å². The van der Waals surface area contributed by atoms with Gasteiger partial charge in [-0.2, -0.15) is 0 Å². The molecular weight excluding hydrogens is 338 g/mol. The molecule has 2 heterocycles. The Labute approximate surface area is 164 Å². The molecule has 2 aliphatic carbocycles. The smallest absolute Gasteiger partial charge is 0.0934 e. The maximum absolute atomic E-state index is 6.23. The molecule has 0 amide bonds. The van der Waals surface area contributed by atoms with Crippen LogP contribution in [0.15, 0.2) is 23.0 Å². The van der Waals surface area contributed by atoms with Crippen molar-refractivity contribution in [1.82, 2.24) is 4.90 Å². The van der Waals surface area contributed by atoms with Gasteiger partial charge in [0, 0.05) is 19.6 Å². The maximum atomic E-state index is 6.23. The molecule has 1 spiro atoms. The van der Waals surface area contributed by atoms with Gasteiger partial charge in [0.1, 0.15) is 0 Å². The second-order valence-corrected chi connectivity index (χ2v) is 9.14. The Morgan fingerprint density at radius 2 is 1.78 bits per heavy atom. The van der Waals surface area contributed by atoms with Crippen LogP contribution in [0.2, 0.25) is 0 Å². The third-order valence-electron chi connectivity index (χ3n) is 7.45. The second-order valence-electron chi connectivity index (χ2n) is 9.14. The lowest BCUT2D eigenvalue weighted by atomic mass is 9.62. The van der Waals surface area contributed by atoms with Crippen molar-refractivity contribution in [3.8, 4) is 0 Å². The van der Waals surface area contributed by atoms with Crippen molar-refractivity contribution in [2.45, 2.75) is 70.3 Å². The summed E-state index contributed by atoms with van der Waals surface area (Å²) in [5.74, 6) is 0.924. The zero-order valence-electron chi connectivity index (χ0n) is 16.9. The Kier molecular flexibility index (Phi) is 6.91. The largest absolute Gasteiger partial charge is 0.472 e. The molecule has 152 valence electrons. The molecule has 0 unspecified atom stereocenters. The molecule has 0 bridgehead atoms. The van der Waals surface area contributed by atoms with E-state index in [1.165, 1.54) is 69.8 Å². The van der Waals surface area contributed by atoms with Crippen LogP contribution in [0.4, 0.5) is 0 Å². The van der Waals surface area contributed by atoms with Gasteiger partial charge in [-0.15, -0.1) is 0 Å². The van der Waals surface area contributed by atoms with Crippen LogP contribution in [0.3, 0.4) is 0 Å². The van der Waals surface area contributed by atoms with Gasteiger partial charge in [-0.1, -0.05) is 0 Å². The Morgan fingerprint density at radius 3 is 2.48 bits per heavy atom. The SMILES string of the molecule is c1cc(CCC2CCC3(CC2)CCC(OCCN2CCOCC2)CC3)co1. The number of nitrogens with zero attached hydrogens (tertiary/aromatic N) is 1. The van der Waals surface area contributed by atoms with Crippen molar-refractivity contribution < 1.29 is 13.9 Å². The predicted octanol–water partition coefficient (Wildman–Crippen LogP) is 4.68. The van der Waals surface area contributed by atoms with Crippen LogP contribution in [-0.2, 0) is 15.9 Å². The molecule has 4 nitrogen and oxygen atoms in total. The quantitative estimate of drug-likeness (QED) is 0.693.